The van der Waals surface area contributed by atoms with Crippen LogP contribution < -0.4 is 5.32 Å². The number of hydrogen-bond donors (Lipinski definition) is 2. The van der Waals surface area contributed by atoms with Crippen LogP contribution in [0.2, 0.25) is 0 Å². The van der Waals surface area contributed by atoms with Crippen molar-refractivity contribution in [2.24, 2.45) is 5.92 Å². The van der Waals surface area contributed by atoms with Crippen LogP contribution in [0.5, 0.6) is 0 Å². The monoisotopic (exact) mass is 171 g/mol. The Morgan fingerprint density at radius 2 is 2.08 bits per heavy atom. The lowest BCUT2D eigenvalue weighted by atomic mass is 10.1. The largest absolute Gasteiger partial charge is 0.481 e. The molecular weight excluding hydrogens is 154 g/mol. The quantitative estimate of drug-likeness (QED) is 0.612. The van der Waals surface area contributed by atoms with Gasteiger partial charge >= 0.3 is 5.97 Å². The number of hydrogen-bond acceptors (Lipinski definition) is 2. The second kappa shape index (κ2) is 5.14. The van der Waals surface area contributed by atoms with Gasteiger partial charge in [0, 0.05) is 6.54 Å². The normalized spacial score (nSPS) is 18.3. The van der Waals surface area contributed by atoms with Gasteiger partial charge in [-0.25, -0.2) is 0 Å². The first-order valence-corrected chi connectivity index (χ1v) is 4.71. The fourth-order valence-corrected chi connectivity index (χ4v) is 1.72. The summed E-state index contributed by atoms with van der Waals surface area (Å²) in [6.45, 7) is 1.62. The highest BCUT2D eigenvalue weighted by molar-refractivity contribution is 5.66. The van der Waals surface area contributed by atoms with Crippen LogP contribution in [0.1, 0.15) is 32.1 Å². The maximum Gasteiger partial charge on any atom is 0.304 e. The van der Waals surface area contributed by atoms with Crippen molar-refractivity contribution >= 4 is 5.97 Å². The first-order chi connectivity index (χ1) is 5.79. The minimum atomic E-state index is -0.714. The van der Waals surface area contributed by atoms with Crippen LogP contribution in [0, 0.1) is 5.92 Å². The second-order valence-electron chi connectivity index (χ2n) is 3.50. The Kier molecular flexibility index (Phi) is 4.08. The lowest BCUT2D eigenvalue weighted by Gasteiger charge is -2.08. The molecule has 0 bridgehead atoms. The van der Waals surface area contributed by atoms with E-state index in [1.54, 1.807) is 0 Å². The molecule has 1 saturated carbocycles. The summed E-state index contributed by atoms with van der Waals surface area (Å²) >= 11 is 0. The molecule has 0 aromatic rings. The van der Waals surface area contributed by atoms with E-state index in [2.05, 4.69) is 5.32 Å². The fourth-order valence-electron chi connectivity index (χ4n) is 1.72. The standard InChI is InChI=1S/C9H17NO2/c11-9(12)5-6-10-7-8-3-1-2-4-8/h8,10H,1-7H2,(H,11,12). The summed E-state index contributed by atoms with van der Waals surface area (Å²) in [7, 11) is 0. The summed E-state index contributed by atoms with van der Waals surface area (Å²) in [6.07, 6.45) is 5.59. The van der Waals surface area contributed by atoms with E-state index in [-0.39, 0.29) is 6.42 Å². The van der Waals surface area contributed by atoms with Gasteiger partial charge in [-0.05, 0) is 25.3 Å². The number of nitrogens with one attached hydrogen (secondary N) is 1. The van der Waals surface area contributed by atoms with Gasteiger partial charge in [-0.2, -0.15) is 0 Å². The molecular formula is C9H17NO2. The van der Waals surface area contributed by atoms with Crippen LogP contribution in [0.3, 0.4) is 0 Å². The average Bonchev–Trinajstić information content (AvgIpc) is 2.49. The van der Waals surface area contributed by atoms with Crippen molar-refractivity contribution in [3.8, 4) is 0 Å². The Morgan fingerprint density at radius 3 is 2.67 bits per heavy atom. The van der Waals surface area contributed by atoms with Gasteiger partial charge in [0.25, 0.3) is 0 Å². The Labute approximate surface area is 73.2 Å². The van der Waals surface area contributed by atoms with Gasteiger partial charge in [-0.15, -0.1) is 0 Å². The third kappa shape index (κ3) is 3.72. The van der Waals surface area contributed by atoms with Gasteiger partial charge in [0.1, 0.15) is 0 Å². The molecule has 0 aromatic heterocycles. The predicted molar refractivity (Wildman–Crippen MR) is 47.1 cm³/mol. The summed E-state index contributed by atoms with van der Waals surface area (Å²) in [5.41, 5.74) is 0. The van der Waals surface area contributed by atoms with Crippen LogP contribution in [-0.4, -0.2) is 24.2 Å². The second-order valence-corrected chi connectivity index (χ2v) is 3.50. The first-order valence-electron chi connectivity index (χ1n) is 4.71. The topological polar surface area (TPSA) is 49.3 Å². The number of carboxylic acid groups (broad SMARTS) is 1. The van der Waals surface area contributed by atoms with Crippen LogP contribution in [0.15, 0.2) is 0 Å². The predicted octanol–water partition coefficient (Wildman–Crippen LogP) is 1.24. The summed E-state index contributed by atoms with van der Waals surface area (Å²) in [6, 6.07) is 0. The third-order valence-corrected chi connectivity index (χ3v) is 2.42. The lowest BCUT2D eigenvalue weighted by molar-refractivity contribution is -0.136. The number of carboxylic acids is 1. The van der Waals surface area contributed by atoms with E-state index in [0.717, 1.165) is 12.5 Å². The van der Waals surface area contributed by atoms with Crippen molar-refractivity contribution in [3.63, 3.8) is 0 Å². The molecule has 1 fully saturated rings. The van der Waals surface area contributed by atoms with Crippen molar-refractivity contribution in [2.45, 2.75) is 32.1 Å². The highest BCUT2D eigenvalue weighted by Gasteiger charge is 2.13. The van der Waals surface area contributed by atoms with E-state index in [0.29, 0.717) is 6.54 Å². The highest BCUT2D eigenvalue weighted by Crippen LogP contribution is 2.23. The van der Waals surface area contributed by atoms with E-state index in [1.165, 1.54) is 25.7 Å². The summed E-state index contributed by atoms with van der Waals surface area (Å²) in [5.74, 6) is 0.0905. The lowest BCUT2D eigenvalue weighted by Crippen LogP contribution is -2.23. The van der Waals surface area contributed by atoms with E-state index in [9.17, 15) is 4.79 Å². The van der Waals surface area contributed by atoms with Gasteiger partial charge in [-0.3, -0.25) is 4.79 Å². The van der Waals surface area contributed by atoms with E-state index >= 15 is 0 Å². The molecule has 0 aromatic carbocycles. The van der Waals surface area contributed by atoms with E-state index < -0.39 is 5.97 Å². The number of carbonyl (C=O) groups is 1. The molecule has 1 aliphatic rings. The first kappa shape index (κ1) is 9.52. The van der Waals surface area contributed by atoms with E-state index in [1.807, 2.05) is 0 Å². The molecule has 0 unspecified atom stereocenters. The molecule has 0 radical (unpaired) electrons. The minimum Gasteiger partial charge on any atom is -0.481 e. The van der Waals surface area contributed by atoms with Crippen LogP contribution in [-0.2, 0) is 4.79 Å². The van der Waals surface area contributed by atoms with Gasteiger partial charge in [0.15, 0.2) is 0 Å². The van der Waals surface area contributed by atoms with Gasteiger partial charge < -0.3 is 10.4 Å². The molecule has 12 heavy (non-hydrogen) atoms. The van der Waals surface area contributed by atoms with Gasteiger partial charge in [0.05, 0.1) is 6.42 Å². The van der Waals surface area contributed by atoms with Crippen LogP contribution in [0.25, 0.3) is 0 Å². The van der Waals surface area contributed by atoms with E-state index in [4.69, 9.17) is 5.11 Å². The molecule has 3 nitrogen and oxygen atoms in total. The van der Waals surface area contributed by atoms with Crippen molar-refractivity contribution in [2.75, 3.05) is 13.1 Å². The molecule has 0 amide bonds. The molecule has 0 heterocycles. The fraction of sp³-hybridized carbons (Fsp3) is 0.889. The summed E-state index contributed by atoms with van der Waals surface area (Å²) in [4.78, 5) is 10.2. The van der Waals surface area contributed by atoms with Crippen molar-refractivity contribution in [1.82, 2.24) is 5.32 Å². The number of aliphatic carboxylic acids is 1. The zero-order valence-electron chi connectivity index (χ0n) is 7.38. The van der Waals surface area contributed by atoms with Crippen molar-refractivity contribution in [3.05, 3.63) is 0 Å². The maximum atomic E-state index is 10.2. The Bertz CT molecular complexity index is 141. The molecule has 2 N–H and O–H groups in total. The van der Waals surface area contributed by atoms with Crippen molar-refractivity contribution < 1.29 is 9.90 Å². The number of rotatable bonds is 5. The third-order valence-electron chi connectivity index (χ3n) is 2.42. The average molecular weight is 171 g/mol. The molecule has 0 aliphatic heterocycles. The van der Waals surface area contributed by atoms with Crippen LogP contribution in [0.4, 0.5) is 0 Å². The Hall–Kier alpha value is -0.570. The highest BCUT2D eigenvalue weighted by atomic mass is 16.4. The Morgan fingerprint density at radius 1 is 1.42 bits per heavy atom. The molecule has 0 saturated heterocycles. The molecule has 0 spiro atoms. The molecule has 0 atom stereocenters. The smallest absolute Gasteiger partial charge is 0.304 e. The zero-order valence-corrected chi connectivity index (χ0v) is 7.38. The Balaban J connectivity index is 1.91. The van der Waals surface area contributed by atoms with Crippen molar-refractivity contribution in [1.29, 1.82) is 0 Å². The maximum absolute atomic E-state index is 10.2. The zero-order chi connectivity index (χ0) is 8.81. The molecule has 1 aliphatic carbocycles. The van der Waals surface area contributed by atoms with Gasteiger partial charge in [0.2, 0.25) is 0 Å². The van der Waals surface area contributed by atoms with Gasteiger partial charge in [-0.1, -0.05) is 12.8 Å². The SMILES string of the molecule is O=C(O)CCNCC1CCCC1. The minimum absolute atomic E-state index is 0.243. The summed E-state index contributed by atoms with van der Waals surface area (Å²) < 4.78 is 0. The van der Waals surface area contributed by atoms with Crippen LogP contribution >= 0.6 is 0 Å². The molecule has 1 rings (SSSR count). The molecule has 3 heteroatoms. The molecule has 70 valence electrons. The summed E-state index contributed by atoms with van der Waals surface area (Å²) in [5, 5.41) is 11.5.